The number of hydrogen-bond acceptors (Lipinski definition) is 3. The normalized spacial score (nSPS) is 22.6. The fraction of sp³-hybridized carbons (Fsp3) is 0.667. The van der Waals surface area contributed by atoms with Gasteiger partial charge in [0.2, 0.25) is 5.91 Å². The van der Waals surface area contributed by atoms with Crippen molar-refractivity contribution in [1.29, 1.82) is 0 Å². The van der Waals surface area contributed by atoms with E-state index in [0.717, 1.165) is 31.5 Å². The minimum Gasteiger partial charge on any atom is -0.349 e. The second-order valence-corrected chi connectivity index (χ2v) is 4.59. The van der Waals surface area contributed by atoms with Crippen molar-refractivity contribution in [2.24, 2.45) is 7.05 Å². The molecule has 0 bridgehead atoms. The highest BCUT2D eigenvalue weighted by Gasteiger charge is 2.38. The molecule has 1 atom stereocenters. The van der Waals surface area contributed by atoms with Crippen LogP contribution in [0.1, 0.15) is 31.9 Å². The maximum absolute atomic E-state index is 12.2. The van der Waals surface area contributed by atoms with Crippen molar-refractivity contribution in [1.82, 2.24) is 20.4 Å². The van der Waals surface area contributed by atoms with Gasteiger partial charge in [0.15, 0.2) is 0 Å². The number of halogens is 1. The van der Waals surface area contributed by atoms with Crippen molar-refractivity contribution >= 4 is 18.3 Å². The maximum Gasteiger partial charge on any atom is 0.240 e. The van der Waals surface area contributed by atoms with Crippen LogP contribution in [0.4, 0.5) is 0 Å². The number of hydrogen-bond donors (Lipinski definition) is 2. The minimum atomic E-state index is -0.349. The molecular weight excluding hydrogens is 252 g/mol. The lowest BCUT2D eigenvalue weighted by Gasteiger charge is -2.26. The summed E-state index contributed by atoms with van der Waals surface area (Å²) < 4.78 is 1.78. The largest absolute Gasteiger partial charge is 0.349 e. The Morgan fingerprint density at radius 3 is 2.94 bits per heavy atom. The minimum absolute atomic E-state index is 0. The first-order valence-corrected chi connectivity index (χ1v) is 6.18. The van der Waals surface area contributed by atoms with Gasteiger partial charge in [-0.15, -0.1) is 12.4 Å². The predicted octanol–water partition coefficient (Wildman–Crippen LogP) is 0.990. The van der Waals surface area contributed by atoms with Crippen molar-refractivity contribution in [2.45, 2.75) is 38.3 Å². The average molecular weight is 273 g/mol. The van der Waals surface area contributed by atoms with E-state index < -0.39 is 0 Å². The number of carbonyl (C=O) groups excluding carboxylic acids is 1. The number of rotatable bonds is 4. The summed E-state index contributed by atoms with van der Waals surface area (Å²) in [4.78, 5) is 12.2. The van der Waals surface area contributed by atoms with E-state index in [9.17, 15) is 4.79 Å². The van der Waals surface area contributed by atoms with Gasteiger partial charge < -0.3 is 10.6 Å². The quantitative estimate of drug-likeness (QED) is 0.859. The van der Waals surface area contributed by atoms with Gasteiger partial charge in [-0.05, 0) is 31.9 Å². The van der Waals surface area contributed by atoms with Crippen LogP contribution in [0.5, 0.6) is 0 Å². The molecule has 1 saturated heterocycles. The first-order chi connectivity index (χ1) is 8.18. The van der Waals surface area contributed by atoms with Gasteiger partial charge in [-0.25, -0.2) is 0 Å². The highest BCUT2D eigenvalue weighted by molar-refractivity contribution is 5.86. The predicted molar refractivity (Wildman–Crippen MR) is 72.6 cm³/mol. The third-order valence-corrected chi connectivity index (χ3v) is 3.63. The van der Waals surface area contributed by atoms with E-state index in [1.807, 2.05) is 13.1 Å². The standard InChI is InChI=1S/C12H20N4O.ClH/c1-3-12(6-4-7-14-12)11(17)13-9-10-5-8-15-16(10)2;/h5,8,14H,3-4,6-7,9H2,1-2H3,(H,13,17);1H. The van der Waals surface area contributed by atoms with Crippen LogP contribution in [0, 0.1) is 0 Å². The van der Waals surface area contributed by atoms with Crippen LogP contribution in [0.25, 0.3) is 0 Å². The van der Waals surface area contributed by atoms with Gasteiger partial charge in [-0.2, -0.15) is 5.10 Å². The number of aryl methyl sites for hydroxylation is 1. The molecule has 1 aliphatic heterocycles. The molecule has 5 nitrogen and oxygen atoms in total. The Morgan fingerprint density at radius 2 is 2.44 bits per heavy atom. The van der Waals surface area contributed by atoms with Gasteiger partial charge >= 0.3 is 0 Å². The van der Waals surface area contributed by atoms with Crippen LogP contribution in [0.3, 0.4) is 0 Å². The zero-order valence-corrected chi connectivity index (χ0v) is 11.7. The van der Waals surface area contributed by atoms with E-state index in [2.05, 4.69) is 22.7 Å². The third kappa shape index (κ3) is 2.84. The van der Waals surface area contributed by atoms with Crippen LogP contribution in [0.15, 0.2) is 12.3 Å². The summed E-state index contributed by atoms with van der Waals surface area (Å²) in [5, 5.41) is 10.4. The van der Waals surface area contributed by atoms with Crippen molar-refractivity contribution in [3.05, 3.63) is 18.0 Å². The van der Waals surface area contributed by atoms with Crippen LogP contribution >= 0.6 is 12.4 Å². The summed E-state index contributed by atoms with van der Waals surface area (Å²) in [6.07, 6.45) is 4.59. The number of amides is 1. The molecule has 0 radical (unpaired) electrons. The van der Waals surface area contributed by atoms with Gasteiger partial charge in [-0.1, -0.05) is 6.92 Å². The van der Waals surface area contributed by atoms with E-state index in [4.69, 9.17) is 0 Å². The van der Waals surface area contributed by atoms with E-state index in [1.165, 1.54) is 0 Å². The molecule has 18 heavy (non-hydrogen) atoms. The fourth-order valence-corrected chi connectivity index (χ4v) is 2.38. The first kappa shape index (κ1) is 15.0. The summed E-state index contributed by atoms with van der Waals surface area (Å²) in [5.41, 5.74) is 0.668. The fourth-order valence-electron chi connectivity index (χ4n) is 2.38. The summed E-state index contributed by atoms with van der Waals surface area (Å²) in [6, 6.07) is 1.92. The lowest BCUT2D eigenvalue weighted by Crippen LogP contribution is -2.52. The molecule has 0 aromatic carbocycles. The topological polar surface area (TPSA) is 59.0 Å². The Kier molecular flexibility index (Phi) is 5.16. The number of nitrogens with one attached hydrogen (secondary N) is 2. The lowest BCUT2D eigenvalue weighted by atomic mass is 9.93. The molecule has 2 rings (SSSR count). The van der Waals surface area contributed by atoms with Crippen molar-refractivity contribution in [2.75, 3.05) is 6.54 Å². The molecule has 102 valence electrons. The van der Waals surface area contributed by atoms with E-state index >= 15 is 0 Å². The third-order valence-electron chi connectivity index (χ3n) is 3.63. The van der Waals surface area contributed by atoms with Crippen LogP contribution in [-0.2, 0) is 18.4 Å². The number of nitrogens with zero attached hydrogens (tertiary/aromatic N) is 2. The van der Waals surface area contributed by atoms with Gasteiger partial charge in [0.1, 0.15) is 0 Å². The van der Waals surface area contributed by atoms with Crippen molar-refractivity contribution in [3.8, 4) is 0 Å². The Labute approximate surface area is 114 Å². The Balaban J connectivity index is 0.00000162. The van der Waals surface area contributed by atoms with Gasteiger partial charge in [-0.3, -0.25) is 9.48 Å². The average Bonchev–Trinajstić information content (AvgIpc) is 2.95. The monoisotopic (exact) mass is 272 g/mol. The summed E-state index contributed by atoms with van der Waals surface area (Å²) >= 11 is 0. The second kappa shape index (κ2) is 6.20. The maximum atomic E-state index is 12.2. The summed E-state index contributed by atoms with van der Waals surface area (Å²) in [5.74, 6) is 0.110. The smallest absolute Gasteiger partial charge is 0.240 e. The van der Waals surface area contributed by atoms with Gasteiger partial charge in [0.05, 0.1) is 17.8 Å². The molecule has 1 aromatic rings. The summed E-state index contributed by atoms with van der Waals surface area (Å²) in [7, 11) is 1.88. The molecule has 2 N–H and O–H groups in total. The molecule has 1 amide bonds. The molecule has 1 unspecified atom stereocenters. The number of aromatic nitrogens is 2. The second-order valence-electron chi connectivity index (χ2n) is 4.59. The summed E-state index contributed by atoms with van der Waals surface area (Å²) in [6.45, 7) is 3.54. The van der Waals surface area contributed by atoms with Crippen LogP contribution in [-0.4, -0.2) is 27.8 Å². The van der Waals surface area contributed by atoms with E-state index in [0.29, 0.717) is 6.54 Å². The highest BCUT2D eigenvalue weighted by Crippen LogP contribution is 2.23. The zero-order chi connectivity index (χ0) is 12.3. The molecule has 0 spiro atoms. The Morgan fingerprint density at radius 1 is 1.67 bits per heavy atom. The highest BCUT2D eigenvalue weighted by atomic mass is 35.5. The van der Waals surface area contributed by atoms with E-state index in [-0.39, 0.29) is 23.9 Å². The molecule has 1 aliphatic rings. The van der Waals surface area contributed by atoms with Gasteiger partial charge in [0.25, 0.3) is 0 Å². The lowest BCUT2D eigenvalue weighted by molar-refractivity contribution is -0.127. The molecule has 1 aromatic heterocycles. The molecule has 2 heterocycles. The first-order valence-electron chi connectivity index (χ1n) is 6.18. The van der Waals surface area contributed by atoms with Crippen LogP contribution < -0.4 is 10.6 Å². The molecule has 0 saturated carbocycles. The van der Waals surface area contributed by atoms with Crippen molar-refractivity contribution < 1.29 is 4.79 Å². The number of carbonyl (C=O) groups is 1. The molecular formula is C12H21ClN4O. The van der Waals surface area contributed by atoms with E-state index in [1.54, 1.807) is 10.9 Å². The molecule has 0 aliphatic carbocycles. The SMILES string of the molecule is CCC1(C(=O)NCc2ccnn2C)CCCN1.Cl. The van der Waals surface area contributed by atoms with Crippen molar-refractivity contribution in [3.63, 3.8) is 0 Å². The molecule has 1 fully saturated rings. The Hall–Kier alpha value is -1.07. The molecule has 6 heteroatoms. The van der Waals surface area contributed by atoms with Crippen LogP contribution in [0.2, 0.25) is 0 Å². The van der Waals surface area contributed by atoms with Gasteiger partial charge in [0, 0.05) is 13.2 Å². The zero-order valence-electron chi connectivity index (χ0n) is 10.9. The Bertz CT molecular complexity index is 399.